The van der Waals surface area contributed by atoms with Gasteiger partial charge in [0.2, 0.25) is 5.91 Å². The number of hydrogen-bond acceptors (Lipinski definition) is 7. The average Bonchev–Trinajstić information content (AvgIpc) is 3.38. The fourth-order valence-electron chi connectivity index (χ4n) is 5.24. The van der Waals surface area contributed by atoms with Crippen LogP contribution in [0.15, 0.2) is 41.3 Å². The van der Waals surface area contributed by atoms with Crippen molar-refractivity contribution in [2.24, 2.45) is 0 Å². The molecule has 2 aromatic rings. The lowest BCUT2D eigenvalue weighted by molar-refractivity contribution is -0.117. The van der Waals surface area contributed by atoms with Crippen LogP contribution in [0.4, 0.5) is 15.8 Å². The molecule has 0 aromatic heterocycles. The molecule has 4 rings (SSSR count). The van der Waals surface area contributed by atoms with Gasteiger partial charge in [0.15, 0.2) is 0 Å². The summed E-state index contributed by atoms with van der Waals surface area (Å²) in [6.07, 6.45) is 3.86. The number of nitrogens with zero attached hydrogens (tertiary/aromatic N) is 2. The maximum absolute atomic E-state index is 14.1. The zero-order valence-corrected chi connectivity index (χ0v) is 23.4. The number of amides is 1. The predicted octanol–water partition coefficient (Wildman–Crippen LogP) is 4.01. The molecule has 210 valence electrons. The van der Waals surface area contributed by atoms with E-state index in [-0.39, 0.29) is 46.2 Å². The van der Waals surface area contributed by atoms with Gasteiger partial charge in [-0.2, -0.15) is 0 Å². The lowest BCUT2D eigenvalue weighted by atomic mass is 9.85. The van der Waals surface area contributed by atoms with E-state index in [0.29, 0.717) is 25.3 Å². The van der Waals surface area contributed by atoms with Crippen molar-refractivity contribution in [1.29, 1.82) is 0 Å². The Morgan fingerprint density at radius 1 is 1.23 bits per heavy atom. The van der Waals surface area contributed by atoms with Gasteiger partial charge in [-0.25, -0.2) is 17.6 Å². The first-order valence-electron chi connectivity index (χ1n) is 13.0. The number of likely N-dealkylation sites (N-methyl/N-ethyl adjacent to an activating group) is 1. The van der Waals surface area contributed by atoms with E-state index < -0.39 is 21.8 Å². The quantitative estimate of drug-likeness (QED) is 0.463. The van der Waals surface area contributed by atoms with Crippen LogP contribution in [0.2, 0.25) is 0 Å². The fraction of sp³-hybridized carbons (Fsp3) is 0.429. The van der Waals surface area contributed by atoms with Gasteiger partial charge in [-0.1, -0.05) is 32.1 Å². The predicted molar refractivity (Wildman–Crippen MR) is 147 cm³/mol. The highest BCUT2D eigenvalue weighted by atomic mass is 32.2. The van der Waals surface area contributed by atoms with E-state index >= 15 is 0 Å². The van der Waals surface area contributed by atoms with E-state index in [4.69, 9.17) is 9.47 Å². The summed E-state index contributed by atoms with van der Waals surface area (Å²) in [5.41, 5.74) is 1.12. The lowest BCUT2D eigenvalue weighted by Crippen LogP contribution is -2.43. The van der Waals surface area contributed by atoms with Gasteiger partial charge < -0.3 is 19.3 Å². The number of anilines is 2. The highest BCUT2D eigenvalue weighted by molar-refractivity contribution is 7.92. The van der Waals surface area contributed by atoms with Gasteiger partial charge in [-0.15, -0.1) is 0 Å². The Bertz CT molecular complexity index is 1390. The highest BCUT2D eigenvalue weighted by Gasteiger charge is 2.42. The van der Waals surface area contributed by atoms with Crippen molar-refractivity contribution < 1.29 is 31.9 Å². The van der Waals surface area contributed by atoms with Crippen molar-refractivity contribution in [2.75, 3.05) is 49.5 Å². The number of benzene rings is 2. The van der Waals surface area contributed by atoms with Crippen LogP contribution >= 0.6 is 0 Å². The van der Waals surface area contributed by atoms with Crippen LogP contribution in [-0.2, 0) is 24.3 Å². The minimum Gasteiger partial charge on any atom is -0.465 e. The van der Waals surface area contributed by atoms with Crippen LogP contribution in [0, 0.1) is 5.82 Å². The number of ether oxygens (including phenoxy) is 2. The monoisotopic (exact) mass is 559 g/mol. The molecule has 0 aliphatic carbocycles. The average molecular weight is 560 g/mol. The Morgan fingerprint density at radius 3 is 2.64 bits per heavy atom. The van der Waals surface area contributed by atoms with Gasteiger partial charge in [0.05, 0.1) is 36.0 Å². The van der Waals surface area contributed by atoms with Crippen molar-refractivity contribution in [1.82, 2.24) is 4.90 Å². The first-order chi connectivity index (χ1) is 18.6. The fourth-order valence-corrected chi connectivity index (χ4v) is 6.49. The van der Waals surface area contributed by atoms with Crippen molar-refractivity contribution in [3.8, 4) is 0 Å². The van der Waals surface area contributed by atoms with E-state index in [0.717, 1.165) is 30.8 Å². The summed E-state index contributed by atoms with van der Waals surface area (Å²) in [7, 11) is -3.09. The first kappa shape index (κ1) is 28.7. The Morgan fingerprint density at radius 2 is 1.97 bits per heavy atom. The molecule has 0 spiro atoms. The number of esters is 1. The zero-order chi connectivity index (χ0) is 28.3. The number of sulfonamides is 1. The number of carbonyl (C=O) groups excluding carboxylic acids is 2. The van der Waals surface area contributed by atoms with Crippen molar-refractivity contribution in [3.63, 3.8) is 0 Å². The highest BCUT2D eigenvalue weighted by Crippen LogP contribution is 2.46. The molecule has 2 aliphatic rings. The molecule has 0 saturated carbocycles. The maximum atomic E-state index is 14.1. The molecule has 11 heteroatoms. The van der Waals surface area contributed by atoms with E-state index in [2.05, 4.69) is 9.62 Å². The molecule has 2 aromatic carbocycles. The third-order valence-electron chi connectivity index (χ3n) is 7.28. The molecule has 2 heterocycles. The number of rotatable bonds is 9. The summed E-state index contributed by atoms with van der Waals surface area (Å²) in [6, 6.07) is 6.63. The van der Waals surface area contributed by atoms with Gasteiger partial charge in [0.25, 0.3) is 10.0 Å². The molecule has 39 heavy (non-hydrogen) atoms. The summed E-state index contributed by atoms with van der Waals surface area (Å²) < 4.78 is 54.8. The molecule has 1 fully saturated rings. The van der Waals surface area contributed by atoms with Crippen LogP contribution in [0.1, 0.15) is 54.6 Å². The number of methoxy groups -OCH3 is 1. The Labute approximate surface area is 228 Å². The van der Waals surface area contributed by atoms with Gasteiger partial charge in [-0.3, -0.25) is 9.52 Å². The van der Waals surface area contributed by atoms with Crippen LogP contribution in [0.5, 0.6) is 0 Å². The van der Waals surface area contributed by atoms with Gasteiger partial charge in [0, 0.05) is 26.0 Å². The van der Waals surface area contributed by atoms with Gasteiger partial charge in [0.1, 0.15) is 11.4 Å². The smallest absolute Gasteiger partial charge is 0.342 e. The Balaban J connectivity index is 1.78. The van der Waals surface area contributed by atoms with Crippen LogP contribution in [0.3, 0.4) is 0 Å². The molecular weight excluding hydrogens is 525 g/mol. The third-order valence-corrected chi connectivity index (χ3v) is 8.72. The normalized spacial score (nSPS) is 18.8. The van der Waals surface area contributed by atoms with Crippen molar-refractivity contribution in [3.05, 3.63) is 58.9 Å². The summed E-state index contributed by atoms with van der Waals surface area (Å²) in [4.78, 5) is 29.1. The molecule has 1 N–H and O–H groups in total. The molecule has 0 bridgehead atoms. The topological polar surface area (TPSA) is 105 Å². The second kappa shape index (κ2) is 11.8. The zero-order valence-electron chi connectivity index (χ0n) is 22.6. The Hall–Kier alpha value is -3.28. The summed E-state index contributed by atoms with van der Waals surface area (Å²) in [5, 5.41) is 0. The summed E-state index contributed by atoms with van der Waals surface area (Å²) in [6.45, 7) is 8.39. The standard InChI is InChI=1S/C28H34FN3O6S/c1-5-31(6-2)14-7-8-19-16-20(29)9-12-25(19)39(35,36)30-23-11-10-22-21-13-15-38-24(21)17-32(18(3)33)27(22)26(23)28(34)37-4/h7-12,16,21,24,30H,5-6,13-15,17H2,1-4H3/b8-7-/t21-,24+/m0/s1. The first-order valence-corrected chi connectivity index (χ1v) is 14.5. The van der Waals surface area contributed by atoms with Crippen molar-refractivity contribution >= 4 is 39.4 Å². The molecular formula is C28H34FN3O6S. The van der Waals surface area contributed by atoms with Crippen molar-refractivity contribution in [2.45, 2.75) is 44.1 Å². The molecule has 0 radical (unpaired) electrons. The second-order valence-electron chi connectivity index (χ2n) is 9.53. The number of nitrogens with one attached hydrogen (secondary N) is 1. The largest absolute Gasteiger partial charge is 0.465 e. The van der Waals surface area contributed by atoms with E-state index in [1.807, 2.05) is 13.8 Å². The minimum absolute atomic E-state index is 0.0355. The van der Waals surface area contributed by atoms with E-state index in [9.17, 15) is 22.4 Å². The third kappa shape index (κ3) is 5.85. The molecule has 2 atom stereocenters. The molecule has 9 nitrogen and oxygen atoms in total. The molecule has 0 unspecified atom stereocenters. The van der Waals surface area contributed by atoms with Gasteiger partial charge >= 0.3 is 5.97 Å². The summed E-state index contributed by atoms with van der Waals surface area (Å²) in [5.74, 6) is -1.71. The SMILES string of the molecule is CCN(CC)C/C=C\c1cc(F)ccc1S(=O)(=O)Nc1ccc2c(c1C(=O)OC)N(C(C)=O)C[C@H]1OCC[C@@H]21. The van der Waals surface area contributed by atoms with Crippen LogP contribution in [0.25, 0.3) is 6.08 Å². The second-order valence-corrected chi connectivity index (χ2v) is 11.2. The van der Waals surface area contributed by atoms with E-state index in [1.54, 1.807) is 18.2 Å². The number of hydrogen-bond donors (Lipinski definition) is 1. The molecule has 2 aliphatic heterocycles. The van der Waals surface area contributed by atoms with Crippen LogP contribution < -0.4 is 9.62 Å². The number of halogens is 1. The number of carbonyl (C=O) groups is 2. The number of fused-ring (bicyclic) bond motifs is 3. The Kier molecular flexibility index (Phi) is 8.73. The maximum Gasteiger partial charge on any atom is 0.342 e. The lowest BCUT2D eigenvalue weighted by Gasteiger charge is -2.37. The summed E-state index contributed by atoms with van der Waals surface area (Å²) >= 11 is 0. The van der Waals surface area contributed by atoms with Gasteiger partial charge in [-0.05, 0) is 54.9 Å². The molecule has 1 amide bonds. The van der Waals surface area contributed by atoms with Crippen LogP contribution in [-0.4, -0.2) is 71.2 Å². The van der Waals surface area contributed by atoms with E-state index in [1.165, 1.54) is 31.1 Å². The molecule has 1 saturated heterocycles. The minimum atomic E-state index is -4.29.